The Morgan fingerprint density at radius 3 is 2.64 bits per heavy atom. The third-order valence-corrected chi connectivity index (χ3v) is 4.16. The second-order valence-electron chi connectivity index (χ2n) is 5.99. The third kappa shape index (κ3) is 3.85. The number of rotatable bonds is 4. The molecule has 1 heterocycles. The molecule has 1 aromatic carbocycles. The number of nitrogens with zero attached hydrogens (tertiary/aromatic N) is 2. The zero-order valence-electron chi connectivity index (χ0n) is 13.5. The van der Waals surface area contributed by atoms with E-state index in [9.17, 15) is 9.59 Å². The number of amides is 1. The first-order chi connectivity index (χ1) is 10.5. The van der Waals surface area contributed by atoms with Gasteiger partial charge in [0.25, 0.3) is 5.91 Å². The van der Waals surface area contributed by atoms with Gasteiger partial charge in [-0.1, -0.05) is 12.1 Å². The van der Waals surface area contributed by atoms with Crippen molar-refractivity contribution in [1.82, 2.24) is 9.80 Å². The highest BCUT2D eigenvalue weighted by molar-refractivity contribution is 6.05. The van der Waals surface area contributed by atoms with Crippen LogP contribution in [0.25, 0.3) is 0 Å². The predicted molar refractivity (Wildman–Crippen MR) is 85.0 cm³/mol. The van der Waals surface area contributed by atoms with Crippen LogP contribution in [0.15, 0.2) is 24.3 Å². The van der Waals surface area contributed by atoms with Gasteiger partial charge in [0, 0.05) is 20.1 Å². The number of carbonyl (C=O) groups is 2. The maximum Gasteiger partial charge on any atom is 0.338 e. The molecule has 1 saturated heterocycles. The van der Waals surface area contributed by atoms with Crippen LogP contribution in [-0.2, 0) is 4.74 Å². The third-order valence-electron chi connectivity index (χ3n) is 4.16. The Morgan fingerprint density at radius 1 is 1.32 bits per heavy atom. The fraction of sp³-hybridized carbons (Fsp3) is 0.529. The first-order valence-corrected chi connectivity index (χ1v) is 7.64. The van der Waals surface area contributed by atoms with Gasteiger partial charge in [0.1, 0.15) is 0 Å². The lowest BCUT2D eigenvalue weighted by Gasteiger charge is -2.32. The second kappa shape index (κ2) is 7.40. The topological polar surface area (TPSA) is 49.9 Å². The van der Waals surface area contributed by atoms with E-state index in [1.807, 2.05) is 0 Å². The van der Waals surface area contributed by atoms with Gasteiger partial charge < -0.3 is 14.5 Å². The molecule has 1 aromatic rings. The molecule has 0 N–H and O–H groups in total. The molecule has 1 aliphatic heterocycles. The van der Waals surface area contributed by atoms with E-state index in [1.54, 1.807) is 36.2 Å². The highest BCUT2D eigenvalue weighted by atomic mass is 16.5. The molecular formula is C17H24N2O3. The molecule has 0 aromatic heterocycles. The molecular weight excluding hydrogens is 280 g/mol. The second-order valence-corrected chi connectivity index (χ2v) is 5.99. The predicted octanol–water partition coefficient (Wildman–Crippen LogP) is 1.89. The Hall–Kier alpha value is -1.88. The fourth-order valence-electron chi connectivity index (χ4n) is 3.06. The summed E-state index contributed by atoms with van der Waals surface area (Å²) in [7, 11) is 5.23. The molecule has 0 radical (unpaired) electrons. The average Bonchev–Trinajstić information content (AvgIpc) is 2.53. The van der Waals surface area contributed by atoms with Crippen molar-refractivity contribution in [3.63, 3.8) is 0 Å². The first-order valence-electron chi connectivity index (χ1n) is 7.64. The van der Waals surface area contributed by atoms with Gasteiger partial charge in [-0.3, -0.25) is 4.79 Å². The smallest absolute Gasteiger partial charge is 0.338 e. The van der Waals surface area contributed by atoms with Gasteiger partial charge in [-0.25, -0.2) is 4.79 Å². The summed E-state index contributed by atoms with van der Waals surface area (Å²) in [6.07, 6.45) is 2.31. The van der Waals surface area contributed by atoms with Crippen LogP contribution in [0.4, 0.5) is 0 Å². The molecule has 0 spiro atoms. The van der Waals surface area contributed by atoms with E-state index in [1.165, 1.54) is 13.5 Å². The van der Waals surface area contributed by atoms with Crippen LogP contribution in [0.3, 0.4) is 0 Å². The molecule has 0 unspecified atom stereocenters. The van der Waals surface area contributed by atoms with Gasteiger partial charge in [0.2, 0.25) is 0 Å². The lowest BCUT2D eigenvalue weighted by atomic mass is 9.97. The number of hydrogen-bond donors (Lipinski definition) is 0. The minimum Gasteiger partial charge on any atom is -0.465 e. The van der Waals surface area contributed by atoms with Gasteiger partial charge in [0.05, 0.1) is 18.2 Å². The number of benzene rings is 1. The van der Waals surface area contributed by atoms with Crippen molar-refractivity contribution in [2.45, 2.75) is 12.8 Å². The highest BCUT2D eigenvalue weighted by Gasteiger charge is 2.24. The summed E-state index contributed by atoms with van der Waals surface area (Å²) < 4.78 is 4.75. The molecule has 1 aliphatic rings. The Morgan fingerprint density at radius 2 is 2.00 bits per heavy atom. The molecule has 1 fully saturated rings. The van der Waals surface area contributed by atoms with Gasteiger partial charge in [-0.2, -0.15) is 0 Å². The van der Waals surface area contributed by atoms with Gasteiger partial charge in [-0.15, -0.1) is 0 Å². The van der Waals surface area contributed by atoms with Crippen LogP contribution in [-0.4, -0.2) is 62.5 Å². The molecule has 120 valence electrons. The van der Waals surface area contributed by atoms with Crippen molar-refractivity contribution in [1.29, 1.82) is 0 Å². The van der Waals surface area contributed by atoms with Crippen molar-refractivity contribution < 1.29 is 14.3 Å². The van der Waals surface area contributed by atoms with Crippen molar-refractivity contribution in [3.8, 4) is 0 Å². The Labute approximate surface area is 131 Å². The highest BCUT2D eigenvalue weighted by Crippen LogP contribution is 2.18. The molecule has 0 saturated carbocycles. The summed E-state index contributed by atoms with van der Waals surface area (Å²) in [5.41, 5.74) is 0.726. The number of piperidine rings is 1. The molecule has 2 rings (SSSR count). The standard InChI is InChI=1S/C17H24N2O3/c1-18-10-6-7-13(11-18)12-19(2)16(20)14-8-4-5-9-15(14)17(21)22-3/h4-5,8-9,13H,6-7,10-12H2,1-3H3/t13-/m0/s1. The minimum atomic E-state index is -0.477. The van der Waals surface area contributed by atoms with Crippen LogP contribution < -0.4 is 0 Å². The fourth-order valence-corrected chi connectivity index (χ4v) is 3.06. The maximum atomic E-state index is 12.6. The number of hydrogen-bond acceptors (Lipinski definition) is 4. The Kier molecular flexibility index (Phi) is 5.55. The molecule has 5 nitrogen and oxygen atoms in total. The van der Waals surface area contributed by atoms with Crippen LogP contribution in [0.2, 0.25) is 0 Å². The first kappa shape index (κ1) is 16.5. The number of carbonyl (C=O) groups excluding carboxylic acids is 2. The van der Waals surface area contributed by atoms with Gasteiger partial charge >= 0.3 is 5.97 Å². The normalized spacial score (nSPS) is 18.8. The quantitative estimate of drug-likeness (QED) is 0.797. The van der Waals surface area contributed by atoms with Crippen molar-refractivity contribution in [2.75, 3.05) is 40.8 Å². The zero-order chi connectivity index (χ0) is 16.1. The zero-order valence-corrected chi connectivity index (χ0v) is 13.5. The molecule has 0 bridgehead atoms. The molecule has 1 amide bonds. The van der Waals surface area contributed by atoms with Crippen LogP contribution in [0, 0.1) is 5.92 Å². The molecule has 1 atom stereocenters. The van der Waals surface area contributed by atoms with E-state index in [2.05, 4.69) is 11.9 Å². The van der Waals surface area contributed by atoms with E-state index >= 15 is 0 Å². The van der Waals surface area contributed by atoms with E-state index in [0.29, 0.717) is 23.6 Å². The van der Waals surface area contributed by atoms with E-state index in [4.69, 9.17) is 4.74 Å². The lowest BCUT2D eigenvalue weighted by molar-refractivity contribution is 0.0589. The number of ether oxygens (including phenoxy) is 1. The largest absolute Gasteiger partial charge is 0.465 e. The van der Waals surface area contributed by atoms with Crippen molar-refractivity contribution in [2.24, 2.45) is 5.92 Å². The summed E-state index contributed by atoms with van der Waals surface area (Å²) in [5.74, 6) is -0.123. The van der Waals surface area contributed by atoms with Crippen molar-refractivity contribution in [3.05, 3.63) is 35.4 Å². The summed E-state index contributed by atoms with van der Waals surface area (Å²) in [6.45, 7) is 2.84. The Balaban J connectivity index is 2.09. The number of methoxy groups -OCH3 is 1. The van der Waals surface area contributed by atoms with Crippen LogP contribution in [0.1, 0.15) is 33.6 Å². The van der Waals surface area contributed by atoms with E-state index in [-0.39, 0.29) is 5.91 Å². The minimum absolute atomic E-state index is 0.130. The van der Waals surface area contributed by atoms with Crippen LogP contribution in [0.5, 0.6) is 0 Å². The number of likely N-dealkylation sites (tertiary alicyclic amines) is 1. The monoisotopic (exact) mass is 304 g/mol. The Bertz CT molecular complexity index is 544. The average molecular weight is 304 g/mol. The summed E-state index contributed by atoms with van der Waals surface area (Å²) >= 11 is 0. The van der Waals surface area contributed by atoms with Gasteiger partial charge in [-0.05, 0) is 44.5 Å². The van der Waals surface area contributed by atoms with Crippen molar-refractivity contribution >= 4 is 11.9 Å². The van der Waals surface area contributed by atoms with Crippen LogP contribution >= 0.6 is 0 Å². The SMILES string of the molecule is COC(=O)c1ccccc1C(=O)N(C)C[C@H]1CCCN(C)C1. The maximum absolute atomic E-state index is 12.6. The molecule has 5 heteroatoms. The number of esters is 1. The van der Waals surface area contributed by atoms with E-state index in [0.717, 1.165) is 19.5 Å². The molecule has 0 aliphatic carbocycles. The van der Waals surface area contributed by atoms with E-state index < -0.39 is 5.97 Å². The van der Waals surface area contributed by atoms with Gasteiger partial charge in [0.15, 0.2) is 0 Å². The summed E-state index contributed by atoms with van der Waals surface area (Å²) in [5, 5.41) is 0. The summed E-state index contributed by atoms with van der Waals surface area (Å²) in [6, 6.07) is 6.81. The summed E-state index contributed by atoms with van der Waals surface area (Å²) in [4.78, 5) is 28.5. The molecule has 22 heavy (non-hydrogen) atoms. The lowest BCUT2D eigenvalue weighted by Crippen LogP contribution is -2.40.